The highest BCUT2D eigenvalue weighted by molar-refractivity contribution is 5.64. The third-order valence-electron chi connectivity index (χ3n) is 2.06. The zero-order chi connectivity index (χ0) is 9.84. The van der Waals surface area contributed by atoms with E-state index in [1.54, 1.807) is 0 Å². The highest BCUT2D eigenvalue weighted by Crippen LogP contribution is 2.16. The van der Waals surface area contributed by atoms with Crippen LogP contribution < -0.4 is 5.73 Å². The van der Waals surface area contributed by atoms with Crippen LogP contribution in [0.3, 0.4) is 0 Å². The average Bonchev–Trinajstić information content (AvgIpc) is 2.41. The molecule has 0 bridgehead atoms. The molecule has 0 saturated heterocycles. The Kier molecular flexibility index (Phi) is 3.25. The van der Waals surface area contributed by atoms with Crippen LogP contribution in [-0.4, -0.2) is 16.3 Å². The van der Waals surface area contributed by atoms with Gasteiger partial charge in [-0.15, -0.1) is 0 Å². The number of rotatable bonds is 3. The second-order valence-electron chi connectivity index (χ2n) is 3.27. The van der Waals surface area contributed by atoms with Crippen LogP contribution in [0.25, 0.3) is 5.57 Å². The van der Waals surface area contributed by atoms with Gasteiger partial charge < -0.3 is 5.73 Å². The van der Waals surface area contributed by atoms with E-state index in [1.807, 2.05) is 24.9 Å². The summed E-state index contributed by atoms with van der Waals surface area (Å²) in [6.07, 6.45) is 5.13. The number of nitrogens with zero attached hydrogens (tertiary/aromatic N) is 2. The molecule has 0 spiro atoms. The molecule has 13 heavy (non-hydrogen) atoms. The molecule has 0 saturated carbocycles. The molecular weight excluding hydrogens is 162 g/mol. The largest absolute Gasteiger partial charge is 0.330 e. The second-order valence-corrected chi connectivity index (χ2v) is 3.27. The van der Waals surface area contributed by atoms with Gasteiger partial charge in [0.05, 0.1) is 5.69 Å². The Labute approximate surface area is 79.2 Å². The Balaban J connectivity index is 2.87. The summed E-state index contributed by atoms with van der Waals surface area (Å²) in [5.41, 5.74) is 8.99. The monoisotopic (exact) mass is 179 g/mol. The average molecular weight is 179 g/mol. The third kappa shape index (κ3) is 2.42. The molecule has 0 unspecified atom stereocenters. The van der Waals surface area contributed by atoms with Crippen LogP contribution in [-0.2, 0) is 7.05 Å². The summed E-state index contributed by atoms with van der Waals surface area (Å²) >= 11 is 0. The molecule has 0 aromatic carbocycles. The van der Waals surface area contributed by atoms with Gasteiger partial charge in [0.15, 0.2) is 0 Å². The predicted octanol–water partition coefficient (Wildman–Crippen LogP) is 1.48. The van der Waals surface area contributed by atoms with Crippen molar-refractivity contribution in [3.8, 4) is 0 Å². The van der Waals surface area contributed by atoms with Gasteiger partial charge in [-0.2, -0.15) is 5.10 Å². The fourth-order valence-corrected chi connectivity index (χ4v) is 1.40. The van der Waals surface area contributed by atoms with Gasteiger partial charge in [0, 0.05) is 18.8 Å². The quantitative estimate of drug-likeness (QED) is 0.763. The zero-order valence-electron chi connectivity index (χ0n) is 8.54. The molecule has 2 N–H and O–H groups in total. The smallest absolute Gasteiger partial charge is 0.0668 e. The molecule has 72 valence electrons. The first-order chi connectivity index (χ1) is 6.15. The van der Waals surface area contributed by atoms with Crippen molar-refractivity contribution in [2.24, 2.45) is 12.8 Å². The topological polar surface area (TPSA) is 43.8 Å². The van der Waals surface area contributed by atoms with E-state index in [0.717, 1.165) is 12.1 Å². The molecule has 3 nitrogen and oxygen atoms in total. The van der Waals surface area contributed by atoms with Crippen LogP contribution in [0.15, 0.2) is 12.3 Å². The van der Waals surface area contributed by atoms with Crippen molar-refractivity contribution >= 4 is 5.57 Å². The summed E-state index contributed by atoms with van der Waals surface area (Å²) in [4.78, 5) is 0. The van der Waals surface area contributed by atoms with E-state index >= 15 is 0 Å². The lowest BCUT2D eigenvalue weighted by Gasteiger charge is -1.97. The number of allylic oxidation sites excluding steroid dienone is 1. The van der Waals surface area contributed by atoms with Gasteiger partial charge in [-0.25, -0.2) is 0 Å². The van der Waals surface area contributed by atoms with Gasteiger partial charge >= 0.3 is 0 Å². The molecule has 1 aromatic rings. The molecule has 0 aliphatic rings. The number of hydrogen-bond acceptors (Lipinski definition) is 2. The molecule has 0 radical (unpaired) electrons. The van der Waals surface area contributed by atoms with Crippen LogP contribution in [0.1, 0.15) is 24.6 Å². The molecule has 0 aliphatic carbocycles. The summed E-state index contributed by atoms with van der Waals surface area (Å²) in [5, 5.41) is 4.28. The van der Waals surface area contributed by atoms with Crippen molar-refractivity contribution in [1.29, 1.82) is 0 Å². The lowest BCUT2D eigenvalue weighted by Crippen LogP contribution is -1.95. The third-order valence-corrected chi connectivity index (χ3v) is 2.06. The maximum Gasteiger partial charge on any atom is 0.0668 e. The Morgan fingerprint density at radius 2 is 2.38 bits per heavy atom. The summed E-state index contributed by atoms with van der Waals surface area (Å²) in [6, 6.07) is 0. The molecule has 0 amide bonds. The van der Waals surface area contributed by atoms with E-state index in [0.29, 0.717) is 6.54 Å². The summed E-state index contributed by atoms with van der Waals surface area (Å²) in [7, 11) is 1.94. The molecule has 0 fully saturated rings. The number of aromatic nitrogens is 2. The number of hydrogen-bond donors (Lipinski definition) is 1. The molecule has 1 aromatic heterocycles. The van der Waals surface area contributed by atoms with Gasteiger partial charge in [0.1, 0.15) is 0 Å². The van der Waals surface area contributed by atoms with E-state index in [4.69, 9.17) is 5.73 Å². The van der Waals surface area contributed by atoms with E-state index in [2.05, 4.69) is 18.1 Å². The van der Waals surface area contributed by atoms with Crippen LogP contribution in [0.4, 0.5) is 0 Å². The van der Waals surface area contributed by atoms with E-state index in [-0.39, 0.29) is 0 Å². The predicted molar refractivity (Wildman–Crippen MR) is 55.3 cm³/mol. The minimum atomic E-state index is 0.705. The van der Waals surface area contributed by atoms with Crippen LogP contribution in [0, 0.1) is 6.92 Å². The van der Waals surface area contributed by atoms with Crippen molar-refractivity contribution in [2.75, 3.05) is 6.54 Å². The molecular formula is C10H17N3. The lowest BCUT2D eigenvalue weighted by atomic mass is 10.1. The van der Waals surface area contributed by atoms with E-state index in [9.17, 15) is 0 Å². The highest BCUT2D eigenvalue weighted by atomic mass is 15.2. The van der Waals surface area contributed by atoms with Crippen molar-refractivity contribution in [3.63, 3.8) is 0 Å². The summed E-state index contributed by atoms with van der Waals surface area (Å²) < 4.78 is 1.84. The lowest BCUT2D eigenvalue weighted by molar-refractivity contribution is 0.756. The van der Waals surface area contributed by atoms with Crippen molar-refractivity contribution in [2.45, 2.75) is 20.3 Å². The first-order valence-corrected chi connectivity index (χ1v) is 4.52. The van der Waals surface area contributed by atoms with Crippen molar-refractivity contribution in [3.05, 3.63) is 23.5 Å². The van der Waals surface area contributed by atoms with E-state index < -0.39 is 0 Å². The second kappa shape index (κ2) is 4.23. The maximum atomic E-state index is 5.43. The molecule has 1 rings (SSSR count). The Hall–Kier alpha value is -1.09. The van der Waals surface area contributed by atoms with E-state index in [1.165, 1.54) is 11.1 Å². The van der Waals surface area contributed by atoms with Gasteiger partial charge in [-0.05, 0) is 32.4 Å². The molecule has 0 aliphatic heterocycles. The number of aryl methyl sites for hydroxylation is 2. The normalized spacial score (nSPS) is 12.2. The number of nitrogens with two attached hydrogens (primary N) is 1. The standard InChI is InChI=1S/C10H17N3/c1-8(5-4-6-11)10-7-13(3)12-9(10)2/h5,7H,4,6,11H2,1-3H3/b8-5+. The Morgan fingerprint density at radius 1 is 1.69 bits per heavy atom. The molecule has 1 heterocycles. The Morgan fingerprint density at radius 3 is 2.85 bits per heavy atom. The van der Waals surface area contributed by atoms with Gasteiger partial charge in [0.25, 0.3) is 0 Å². The highest BCUT2D eigenvalue weighted by Gasteiger charge is 2.03. The van der Waals surface area contributed by atoms with Crippen LogP contribution in [0.5, 0.6) is 0 Å². The molecule has 3 heteroatoms. The van der Waals surface area contributed by atoms with Crippen LogP contribution in [0.2, 0.25) is 0 Å². The van der Waals surface area contributed by atoms with Crippen molar-refractivity contribution < 1.29 is 0 Å². The Bertz CT molecular complexity index is 310. The first-order valence-electron chi connectivity index (χ1n) is 4.52. The van der Waals surface area contributed by atoms with Crippen LogP contribution >= 0.6 is 0 Å². The summed E-state index contributed by atoms with van der Waals surface area (Å²) in [6.45, 7) is 4.82. The van der Waals surface area contributed by atoms with Gasteiger partial charge in [-0.3, -0.25) is 4.68 Å². The van der Waals surface area contributed by atoms with Crippen molar-refractivity contribution in [1.82, 2.24) is 9.78 Å². The van der Waals surface area contributed by atoms with Gasteiger partial charge in [-0.1, -0.05) is 6.08 Å². The fourth-order valence-electron chi connectivity index (χ4n) is 1.40. The maximum absolute atomic E-state index is 5.43. The minimum Gasteiger partial charge on any atom is -0.330 e. The molecule has 0 atom stereocenters. The zero-order valence-corrected chi connectivity index (χ0v) is 8.54. The van der Waals surface area contributed by atoms with Gasteiger partial charge in [0.2, 0.25) is 0 Å². The minimum absolute atomic E-state index is 0.705. The summed E-state index contributed by atoms with van der Waals surface area (Å²) in [5.74, 6) is 0. The SMILES string of the molecule is C/C(=C\CCN)c1cn(C)nc1C. The fraction of sp³-hybridized carbons (Fsp3) is 0.500. The first kappa shape index (κ1) is 9.99.